The fraction of sp³-hybridized carbons (Fsp3) is 0.444. The molecule has 1 aliphatic rings. The second-order valence-corrected chi connectivity index (χ2v) is 12.3. The van der Waals surface area contributed by atoms with Crippen LogP contribution in [0.5, 0.6) is 0 Å². The number of carbonyl (C=O) groups excluding carboxylic acids is 3. The summed E-state index contributed by atoms with van der Waals surface area (Å²) in [5, 5.41) is 1.15. The van der Waals surface area contributed by atoms with Crippen molar-refractivity contribution < 1.29 is 28.6 Å². The molecule has 26 radical (unpaired) electrons. The summed E-state index contributed by atoms with van der Waals surface area (Å²) in [6.07, 6.45) is 1.08. The first kappa shape index (κ1) is 42.1. The van der Waals surface area contributed by atoms with Crippen molar-refractivity contribution in [2.24, 2.45) is 0 Å². The molecule has 2 aromatic carbocycles. The molecule has 0 aromatic heterocycles. The van der Waals surface area contributed by atoms with Gasteiger partial charge in [-0.3, -0.25) is 9.59 Å². The van der Waals surface area contributed by atoms with Crippen LogP contribution >= 0.6 is 0 Å². The fourth-order valence-electron chi connectivity index (χ4n) is 5.72. The van der Waals surface area contributed by atoms with E-state index < -0.39 is 61.1 Å². The van der Waals surface area contributed by atoms with Crippen LogP contribution in [0.4, 0.5) is 10.1 Å². The second kappa shape index (κ2) is 14.2. The van der Waals surface area contributed by atoms with E-state index in [-0.39, 0.29) is 35.2 Å². The first-order valence-corrected chi connectivity index (χ1v) is 14.7. The molecule has 50 heavy (non-hydrogen) atoms. The molecule has 0 saturated carbocycles. The number of amides is 1. The smallest absolute Gasteiger partial charge is 0.237 e. The van der Waals surface area contributed by atoms with Crippen LogP contribution in [0.2, 0.25) is 0 Å². The highest BCUT2D eigenvalue weighted by Gasteiger charge is 2.62. The van der Waals surface area contributed by atoms with Crippen molar-refractivity contribution in [1.29, 1.82) is 0 Å². The van der Waals surface area contributed by atoms with E-state index in [0.29, 0.717) is 17.5 Å². The highest BCUT2D eigenvalue weighted by molar-refractivity contribution is 6.56. The van der Waals surface area contributed by atoms with Crippen LogP contribution in [0.25, 0.3) is 0 Å². The van der Waals surface area contributed by atoms with E-state index in [1.165, 1.54) is 37.2 Å². The molecule has 226 valence electrons. The van der Waals surface area contributed by atoms with Crippen molar-refractivity contribution in [3.05, 3.63) is 64.5 Å². The number of rotatable bonds is 13. The lowest BCUT2D eigenvalue weighted by molar-refractivity contribution is -0.227. The molecule has 2 atom stereocenters. The van der Waals surface area contributed by atoms with Crippen LogP contribution in [0.3, 0.4) is 0 Å². The van der Waals surface area contributed by atoms with Crippen LogP contribution in [0.1, 0.15) is 39.9 Å². The molecule has 1 fully saturated rings. The van der Waals surface area contributed by atoms with Gasteiger partial charge >= 0.3 is 0 Å². The number of carbonyl (C=O) groups is 3. The Kier molecular flexibility index (Phi) is 12.0. The Morgan fingerprint density at radius 1 is 1.02 bits per heavy atom. The minimum absolute atomic E-state index is 0.0118. The van der Waals surface area contributed by atoms with Crippen LogP contribution in [-0.4, -0.2) is 177 Å². The summed E-state index contributed by atoms with van der Waals surface area (Å²) in [6.45, 7) is 0. The number of nitrogens with zero attached hydrogens (tertiary/aromatic N) is 2. The largest absolute Gasteiger partial charge is 0.403 e. The zero-order chi connectivity index (χ0) is 38.5. The van der Waals surface area contributed by atoms with E-state index in [4.69, 9.17) is 107 Å². The lowest BCUT2D eigenvalue weighted by Crippen LogP contribution is -2.88. The molecule has 1 heterocycles. The van der Waals surface area contributed by atoms with Crippen molar-refractivity contribution in [1.82, 2.24) is 15.1 Å². The number of nitrogens with one attached hydrogen (secondary N) is 2. The van der Waals surface area contributed by atoms with Crippen LogP contribution in [0.15, 0.2) is 36.4 Å². The van der Waals surface area contributed by atoms with Crippen molar-refractivity contribution in [2.45, 2.75) is 56.7 Å². The van der Waals surface area contributed by atoms with Crippen molar-refractivity contribution in [2.75, 3.05) is 19.4 Å². The molecule has 3 N–H and O–H groups in total. The molecule has 9 nitrogen and oxygen atoms in total. The standard InChI is InChI=1S/C27H22B13FN4O5/c1-42-20(48)18(7-4-10-46)44(2)23(32,33)19-13(12-47)5-3-6-17(19)43-21(28,29)15-9-8-14(11-16(15)41)22(30,31)45-24(34,35)25(36,37)50-26(38,39)27(45,40)49/h3,5-6,8-12,18,43,49H,4,7H2,1-2H3,(H,42,48). The number of ether oxygens (including phenoxy) is 1. The summed E-state index contributed by atoms with van der Waals surface area (Å²) in [5.41, 5.74) is -4.04. The maximum atomic E-state index is 16.0. The average molecular weight is 642 g/mol. The number of anilines is 1. The van der Waals surface area contributed by atoms with Crippen LogP contribution in [0, 0.1) is 5.82 Å². The number of halogens is 1. The van der Waals surface area contributed by atoms with Gasteiger partial charge in [-0.05, 0) is 69.0 Å². The van der Waals surface area contributed by atoms with E-state index in [1.807, 2.05) is 0 Å². The molecule has 2 aromatic rings. The van der Waals surface area contributed by atoms with Gasteiger partial charge in [-0.25, -0.2) is 4.39 Å². The van der Waals surface area contributed by atoms with E-state index in [1.54, 1.807) is 0 Å². The normalized spacial score (nSPS) is 21.1. The molecule has 23 heteroatoms. The summed E-state index contributed by atoms with van der Waals surface area (Å²) in [6, 6.07) is 6.12. The number of aldehydes is 2. The highest BCUT2D eigenvalue weighted by atomic mass is 19.1. The Morgan fingerprint density at radius 3 is 2.14 bits per heavy atom. The van der Waals surface area contributed by atoms with Gasteiger partial charge in [-0.1, -0.05) is 24.3 Å². The SMILES string of the molecule is [B]C([B])(Nc1cccc(C=O)c1C([B])([B])N(C)C(CCC=O)C(=O)NC)c1ccc(C([B])([B])N2C([B])([B])C([B])([B])OC([B])([B])C2([B])O)cc1F. The lowest BCUT2D eigenvalue weighted by Gasteiger charge is -2.72. The zero-order valence-corrected chi connectivity index (χ0v) is 27.5. The summed E-state index contributed by atoms with van der Waals surface area (Å²) in [7, 11) is 82.9. The van der Waals surface area contributed by atoms with E-state index in [9.17, 15) is 19.5 Å². The summed E-state index contributed by atoms with van der Waals surface area (Å²) in [4.78, 5) is 37.6. The minimum atomic E-state index is -3.08. The molecule has 3 rings (SSSR count). The summed E-state index contributed by atoms with van der Waals surface area (Å²) >= 11 is 0. The molecule has 0 spiro atoms. The third-order valence-corrected chi connectivity index (χ3v) is 8.62. The Bertz CT molecular complexity index is 1600. The molecular weight excluding hydrogens is 620 g/mol. The molecule has 0 bridgehead atoms. The van der Waals surface area contributed by atoms with E-state index >= 15 is 4.39 Å². The van der Waals surface area contributed by atoms with Crippen LogP contribution in [-0.2, 0) is 30.3 Å². The third kappa shape index (κ3) is 7.31. The topological polar surface area (TPSA) is 111 Å². The highest BCUT2D eigenvalue weighted by Crippen LogP contribution is 2.46. The Morgan fingerprint density at radius 2 is 1.62 bits per heavy atom. The number of hydrogen-bond donors (Lipinski definition) is 3. The third-order valence-electron chi connectivity index (χ3n) is 8.62. The van der Waals surface area contributed by atoms with Crippen LogP contribution < -0.4 is 10.6 Å². The van der Waals surface area contributed by atoms with Gasteiger partial charge in [0.15, 0.2) is 0 Å². The lowest BCUT2D eigenvalue weighted by atomic mass is 9.33. The number of likely N-dealkylation sites (N-methyl/N-ethyl adjacent to an activating group) is 2. The Balaban J connectivity index is 2.11. The molecular formula is C27H22B13FN4O5. The number of morpholine rings is 1. The Hall–Kier alpha value is -2.34. The van der Waals surface area contributed by atoms with Gasteiger partial charge < -0.3 is 35.1 Å². The number of benzene rings is 2. The molecule has 0 aliphatic carbocycles. The van der Waals surface area contributed by atoms with Gasteiger partial charge in [-0.15, -0.1) is 0 Å². The predicted molar refractivity (Wildman–Crippen MR) is 199 cm³/mol. The number of aliphatic hydroxyl groups is 1. The van der Waals surface area contributed by atoms with Gasteiger partial charge in [-0.2, -0.15) is 0 Å². The first-order valence-electron chi connectivity index (χ1n) is 14.7. The fourth-order valence-corrected chi connectivity index (χ4v) is 5.72. The first-order chi connectivity index (χ1) is 22.7. The summed E-state index contributed by atoms with van der Waals surface area (Å²) in [5.74, 6) is -1.66. The monoisotopic (exact) mass is 644 g/mol. The van der Waals surface area contributed by atoms with E-state index in [0.717, 1.165) is 18.2 Å². The zero-order valence-electron chi connectivity index (χ0n) is 27.5. The van der Waals surface area contributed by atoms with Gasteiger partial charge in [0, 0.05) is 30.1 Å². The molecule has 1 saturated heterocycles. The summed E-state index contributed by atoms with van der Waals surface area (Å²) < 4.78 is 21.1. The quantitative estimate of drug-likeness (QED) is 0.148. The Labute approximate surface area is 309 Å². The average Bonchev–Trinajstić information content (AvgIpc) is 2.98. The molecule has 1 amide bonds. The van der Waals surface area contributed by atoms with Crippen molar-refractivity contribution in [3.63, 3.8) is 0 Å². The maximum Gasteiger partial charge on any atom is 0.237 e. The van der Waals surface area contributed by atoms with Gasteiger partial charge in [0.05, 0.1) is 90.1 Å². The molecule has 1 aliphatic heterocycles. The van der Waals surface area contributed by atoms with Gasteiger partial charge in [0.2, 0.25) is 5.91 Å². The van der Waals surface area contributed by atoms with E-state index in [2.05, 4.69) is 10.6 Å². The number of hydrogen-bond acceptors (Lipinski definition) is 8. The van der Waals surface area contributed by atoms with Gasteiger partial charge in [0.1, 0.15) is 41.9 Å². The van der Waals surface area contributed by atoms with Gasteiger partial charge in [0.25, 0.3) is 0 Å². The minimum Gasteiger partial charge on any atom is -0.403 e. The van der Waals surface area contributed by atoms with Crippen molar-refractivity contribution >= 4 is 126 Å². The second-order valence-electron chi connectivity index (χ2n) is 12.3. The van der Waals surface area contributed by atoms with Crippen molar-refractivity contribution in [3.8, 4) is 0 Å². The maximum absolute atomic E-state index is 16.0. The predicted octanol–water partition coefficient (Wildman–Crippen LogP) is -4.76. The molecule has 2 unspecified atom stereocenters.